The van der Waals surface area contributed by atoms with E-state index in [4.69, 9.17) is 4.74 Å². The van der Waals surface area contributed by atoms with Crippen LogP contribution < -0.4 is 0 Å². The van der Waals surface area contributed by atoms with Crippen LogP contribution in [0, 0.1) is 0 Å². The van der Waals surface area contributed by atoms with Crippen LogP contribution in [0.5, 0.6) is 0 Å². The lowest BCUT2D eigenvalue weighted by atomic mass is 10.0. The third kappa shape index (κ3) is 4.31. The molecular weight excluding hydrogens is 262 g/mol. The van der Waals surface area contributed by atoms with E-state index in [2.05, 4.69) is 4.90 Å². The molecule has 1 heterocycles. The molecule has 0 aromatic heterocycles. The Bertz CT molecular complexity index is 450. The predicted molar refractivity (Wildman–Crippen MR) is 85.1 cm³/mol. The summed E-state index contributed by atoms with van der Waals surface area (Å²) in [5, 5.41) is 0. The second kappa shape index (κ2) is 7.08. The minimum absolute atomic E-state index is 0.116. The number of nitrogens with zero attached hydrogens (tertiary/aromatic N) is 1. The lowest BCUT2D eigenvalue weighted by Crippen LogP contribution is -2.41. The summed E-state index contributed by atoms with van der Waals surface area (Å²) in [5.41, 5.74) is 0.635. The molecule has 0 bridgehead atoms. The molecule has 1 aromatic rings. The van der Waals surface area contributed by atoms with Crippen molar-refractivity contribution >= 4 is 5.97 Å². The number of hydrogen-bond donors (Lipinski definition) is 0. The Balaban J connectivity index is 2.21. The normalized spacial score (nSPS) is 18.2. The minimum atomic E-state index is -0.403. The third-order valence-electron chi connectivity index (χ3n) is 4.32. The van der Waals surface area contributed by atoms with Crippen LogP contribution >= 0.6 is 0 Å². The largest absolute Gasteiger partial charge is 0.458 e. The molecule has 1 aliphatic rings. The third-order valence-corrected chi connectivity index (χ3v) is 4.32. The van der Waals surface area contributed by atoms with Gasteiger partial charge in [-0.2, -0.15) is 0 Å². The molecule has 0 amide bonds. The molecule has 2 rings (SSSR count). The van der Waals surface area contributed by atoms with Gasteiger partial charge in [-0.3, -0.25) is 4.90 Å². The van der Waals surface area contributed by atoms with Gasteiger partial charge in [-0.05, 0) is 51.8 Å². The highest BCUT2D eigenvalue weighted by atomic mass is 16.6. The maximum absolute atomic E-state index is 12.8. The van der Waals surface area contributed by atoms with Crippen LogP contribution in [0.15, 0.2) is 30.3 Å². The number of piperidine rings is 1. The fourth-order valence-electron chi connectivity index (χ4n) is 2.71. The molecule has 0 aliphatic carbocycles. The molecule has 0 radical (unpaired) electrons. The molecule has 1 aromatic carbocycles. The second-order valence-corrected chi connectivity index (χ2v) is 6.44. The molecule has 116 valence electrons. The van der Waals surface area contributed by atoms with Crippen molar-refractivity contribution in [2.24, 2.45) is 0 Å². The standard InChI is InChI=1S/C18H27NO2/c1-4-18(2,3)21-17(20)16(15-11-7-5-8-12-15)19-13-9-6-10-14-19/h5,7-8,11-12,16H,4,6,9-10,13-14H2,1-3H3/t16-/m1/s1. The average Bonchev–Trinajstić information content (AvgIpc) is 2.49. The van der Waals surface area contributed by atoms with E-state index in [1.807, 2.05) is 51.1 Å². The Labute approximate surface area is 128 Å². The summed E-state index contributed by atoms with van der Waals surface area (Å²) in [5.74, 6) is -0.116. The SMILES string of the molecule is CCC(C)(C)OC(=O)[C@@H](c1ccccc1)N1CCCCC1. The number of carbonyl (C=O) groups is 1. The highest BCUT2D eigenvalue weighted by molar-refractivity contribution is 5.78. The molecule has 3 nitrogen and oxygen atoms in total. The van der Waals surface area contributed by atoms with Crippen molar-refractivity contribution in [1.29, 1.82) is 0 Å². The number of benzene rings is 1. The zero-order valence-electron chi connectivity index (χ0n) is 13.5. The van der Waals surface area contributed by atoms with E-state index in [-0.39, 0.29) is 12.0 Å². The second-order valence-electron chi connectivity index (χ2n) is 6.44. The van der Waals surface area contributed by atoms with Crippen LogP contribution in [0.2, 0.25) is 0 Å². The Morgan fingerprint density at radius 1 is 1.19 bits per heavy atom. The fourth-order valence-corrected chi connectivity index (χ4v) is 2.71. The Kier molecular flexibility index (Phi) is 5.40. The van der Waals surface area contributed by atoms with E-state index in [9.17, 15) is 4.79 Å². The van der Waals surface area contributed by atoms with Crippen molar-refractivity contribution in [3.05, 3.63) is 35.9 Å². The molecule has 3 heteroatoms. The summed E-state index contributed by atoms with van der Waals surface area (Å²) in [6.45, 7) is 7.94. The molecule has 0 saturated carbocycles. The van der Waals surface area contributed by atoms with Gasteiger partial charge in [0.1, 0.15) is 11.6 Å². The zero-order chi connectivity index (χ0) is 15.3. The van der Waals surface area contributed by atoms with Crippen LogP contribution in [0.4, 0.5) is 0 Å². The molecule has 1 fully saturated rings. The summed E-state index contributed by atoms with van der Waals surface area (Å²) < 4.78 is 5.78. The molecule has 1 aliphatic heterocycles. The molecule has 0 N–H and O–H groups in total. The number of likely N-dealkylation sites (tertiary alicyclic amines) is 1. The van der Waals surface area contributed by atoms with Crippen LogP contribution in [0.25, 0.3) is 0 Å². The van der Waals surface area contributed by atoms with Gasteiger partial charge in [0.15, 0.2) is 0 Å². The van der Waals surface area contributed by atoms with E-state index in [0.717, 1.165) is 37.9 Å². The smallest absolute Gasteiger partial charge is 0.328 e. The van der Waals surface area contributed by atoms with Gasteiger partial charge in [0, 0.05) is 0 Å². The van der Waals surface area contributed by atoms with Crippen molar-refractivity contribution in [1.82, 2.24) is 4.90 Å². The highest BCUT2D eigenvalue weighted by Crippen LogP contribution is 2.28. The van der Waals surface area contributed by atoms with Crippen LogP contribution in [-0.2, 0) is 9.53 Å². The van der Waals surface area contributed by atoms with Gasteiger partial charge >= 0.3 is 5.97 Å². The topological polar surface area (TPSA) is 29.5 Å². The molecule has 1 saturated heterocycles. The summed E-state index contributed by atoms with van der Waals surface area (Å²) in [4.78, 5) is 15.0. The first kappa shape index (κ1) is 16.0. The molecule has 1 atom stereocenters. The van der Waals surface area contributed by atoms with Crippen molar-refractivity contribution in [2.75, 3.05) is 13.1 Å². The predicted octanol–water partition coefficient (Wildman–Crippen LogP) is 3.95. The summed E-state index contributed by atoms with van der Waals surface area (Å²) >= 11 is 0. The average molecular weight is 289 g/mol. The number of carbonyl (C=O) groups excluding carboxylic acids is 1. The van der Waals surface area contributed by atoms with Gasteiger partial charge in [-0.25, -0.2) is 4.79 Å². The van der Waals surface area contributed by atoms with Crippen molar-refractivity contribution < 1.29 is 9.53 Å². The Morgan fingerprint density at radius 3 is 2.38 bits per heavy atom. The van der Waals surface area contributed by atoms with Gasteiger partial charge in [-0.15, -0.1) is 0 Å². The number of esters is 1. The van der Waals surface area contributed by atoms with Gasteiger partial charge < -0.3 is 4.74 Å². The summed E-state index contributed by atoms with van der Waals surface area (Å²) in [6.07, 6.45) is 4.40. The molecular formula is C18H27NO2. The fraction of sp³-hybridized carbons (Fsp3) is 0.611. The van der Waals surface area contributed by atoms with Gasteiger partial charge in [0.05, 0.1) is 0 Å². The first-order chi connectivity index (χ1) is 10.0. The van der Waals surface area contributed by atoms with E-state index in [1.54, 1.807) is 0 Å². The monoisotopic (exact) mass is 289 g/mol. The summed E-state index contributed by atoms with van der Waals surface area (Å²) in [7, 11) is 0. The van der Waals surface area contributed by atoms with Crippen molar-refractivity contribution in [3.63, 3.8) is 0 Å². The van der Waals surface area contributed by atoms with E-state index < -0.39 is 5.60 Å². The van der Waals surface area contributed by atoms with Crippen LogP contribution in [0.1, 0.15) is 58.1 Å². The molecule has 21 heavy (non-hydrogen) atoms. The Hall–Kier alpha value is -1.35. The summed E-state index contributed by atoms with van der Waals surface area (Å²) in [6, 6.07) is 9.75. The van der Waals surface area contributed by atoms with E-state index >= 15 is 0 Å². The van der Waals surface area contributed by atoms with Crippen molar-refractivity contribution in [3.8, 4) is 0 Å². The lowest BCUT2D eigenvalue weighted by Gasteiger charge is -2.35. The van der Waals surface area contributed by atoms with E-state index in [0.29, 0.717) is 0 Å². The molecule has 0 spiro atoms. The first-order valence-corrected chi connectivity index (χ1v) is 8.05. The van der Waals surface area contributed by atoms with Gasteiger partial charge in [-0.1, -0.05) is 43.7 Å². The first-order valence-electron chi connectivity index (χ1n) is 8.05. The number of hydrogen-bond acceptors (Lipinski definition) is 3. The quantitative estimate of drug-likeness (QED) is 0.769. The maximum Gasteiger partial charge on any atom is 0.328 e. The molecule has 0 unspecified atom stereocenters. The lowest BCUT2D eigenvalue weighted by molar-refractivity contribution is -0.164. The minimum Gasteiger partial charge on any atom is -0.458 e. The van der Waals surface area contributed by atoms with E-state index in [1.165, 1.54) is 6.42 Å². The number of ether oxygens (including phenoxy) is 1. The Morgan fingerprint density at radius 2 is 1.81 bits per heavy atom. The van der Waals surface area contributed by atoms with Gasteiger partial charge in [0.25, 0.3) is 0 Å². The number of rotatable bonds is 5. The van der Waals surface area contributed by atoms with Crippen LogP contribution in [0.3, 0.4) is 0 Å². The van der Waals surface area contributed by atoms with Crippen LogP contribution in [-0.4, -0.2) is 29.6 Å². The highest BCUT2D eigenvalue weighted by Gasteiger charge is 2.33. The van der Waals surface area contributed by atoms with Crippen molar-refractivity contribution in [2.45, 2.75) is 58.1 Å². The maximum atomic E-state index is 12.8. The van der Waals surface area contributed by atoms with Gasteiger partial charge in [0.2, 0.25) is 0 Å². The zero-order valence-corrected chi connectivity index (χ0v) is 13.5.